The molecule has 0 aliphatic heterocycles. The number of ether oxygens (including phenoxy) is 1. The Morgan fingerprint density at radius 1 is 1.00 bits per heavy atom. The fraction of sp³-hybridized carbons (Fsp3) is 0.333. The molecule has 0 aromatic heterocycles. The van der Waals surface area contributed by atoms with E-state index < -0.39 is 0 Å². The van der Waals surface area contributed by atoms with Crippen molar-refractivity contribution in [2.24, 2.45) is 0 Å². The van der Waals surface area contributed by atoms with Crippen LogP contribution >= 0.6 is 15.9 Å². The Kier molecular flexibility index (Phi) is 4.87. The predicted molar refractivity (Wildman–Crippen MR) is 88.2 cm³/mol. The molecular weight excluding hydrogens is 312 g/mol. The van der Waals surface area contributed by atoms with Gasteiger partial charge in [0.25, 0.3) is 0 Å². The number of hydrogen-bond acceptors (Lipinski definition) is 1. The third kappa shape index (κ3) is 3.63. The van der Waals surface area contributed by atoms with E-state index in [0.717, 1.165) is 22.2 Å². The van der Waals surface area contributed by atoms with Crippen molar-refractivity contribution in [3.8, 4) is 5.75 Å². The lowest BCUT2D eigenvalue weighted by Crippen LogP contribution is -2.15. The van der Waals surface area contributed by atoms with Gasteiger partial charge in [0.2, 0.25) is 0 Å². The summed E-state index contributed by atoms with van der Waals surface area (Å²) in [5.74, 6) is 0.913. The second-order valence-electron chi connectivity index (χ2n) is 5.64. The molecule has 0 saturated carbocycles. The van der Waals surface area contributed by atoms with Crippen LogP contribution in [0.3, 0.4) is 0 Å². The minimum Gasteiger partial charge on any atom is -0.489 e. The summed E-state index contributed by atoms with van der Waals surface area (Å²) in [6.07, 6.45) is 1.13. The highest BCUT2D eigenvalue weighted by Crippen LogP contribution is 2.28. The van der Waals surface area contributed by atoms with E-state index in [1.54, 1.807) is 0 Å². The molecule has 0 aliphatic rings. The molecular formula is C18H21BrO. The topological polar surface area (TPSA) is 9.23 Å². The van der Waals surface area contributed by atoms with Crippen molar-refractivity contribution in [2.45, 2.75) is 39.2 Å². The maximum absolute atomic E-state index is 5.84. The van der Waals surface area contributed by atoms with Gasteiger partial charge in [-0.3, -0.25) is 0 Å². The van der Waals surface area contributed by atoms with Crippen molar-refractivity contribution < 1.29 is 4.74 Å². The van der Waals surface area contributed by atoms with Crippen molar-refractivity contribution in [2.75, 3.05) is 0 Å². The van der Waals surface area contributed by atoms with Gasteiger partial charge >= 0.3 is 0 Å². The van der Waals surface area contributed by atoms with Crippen LogP contribution in [0, 0.1) is 0 Å². The van der Waals surface area contributed by atoms with Crippen LogP contribution in [0.1, 0.15) is 38.3 Å². The van der Waals surface area contributed by atoms with Crippen LogP contribution in [0.5, 0.6) is 5.75 Å². The van der Waals surface area contributed by atoms with E-state index in [1.807, 2.05) is 18.2 Å². The molecule has 0 radical (unpaired) electrons. The maximum Gasteiger partial charge on any atom is 0.119 e. The normalized spacial score (nSPS) is 11.4. The zero-order valence-electron chi connectivity index (χ0n) is 12.3. The van der Waals surface area contributed by atoms with Crippen molar-refractivity contribution in [1.82, 2.24) is 0 Å². The number of hydrogen-bond donors (Lipinski definition) is 0. The molecule has 2 rings (SSSR count). The average molecular weight is 333 g/mol. The molecule has 106 valence electrons. The predicted octanol–water partition coefficient (Wildman–Crippen LogP) is 5.72. The molecule has 2 aromatic carbocycles. The molecule has 0 spiro atoms. The number of halogens is 1. The molecule has 2 heteroatoms. The number of rotatable bonds is 5. The van der Waals surface area contributed by atoms with Gasteiger partial charge in [0.05, 0.1) is 0 Å². The van der Waals surface area contributed by atoms with Crippen LogP contribution in [-0.2, 0) is 12.0 Å². The van der Waals surface area contributed by atoms with Crippen molar-refractivity contribution >= 4 is 15.9 Å². The SMILES string of the molecule is CCC(C)(C)c1ccc(OCc2ccccc2Br)cc1. The highest BCUT2D eigenvalue weighted by molar-refractivity contribution is 9.10. The van der Waals surface area contributed by atoms with Gasteiger partial charge in [0, 0.05) is 10.0 Å². The molecule has 0 bridgehead atoms. The lowest BCUT2D eigenvalue weighted by Gasteiger charge is -2.23. The smallest absolute Gasteiger partial charge is 0.119 e. The third-order valence-electron chi connectivity index (χ3n) is 3.87. The molecule has 20 heavy (non-hydrogen) atoms. The second kappa shape index (κ2) is 6.45. The summed E-state index contributed by atoms with van der Waals surface area (Å²) in [6.45, 7) is 7.34. The summed E-state index contributed by atoms with van der Waals surface area (Å²) in [5.41, 5.74) is 2.74. The number of benzene rings is 2. The maximum atomic E-state index is 5.84. The molecule has 0 saturated heterocycles. The van der Waals surface area contributed by atoms with Gasteiger partial charge in [0.15, 0.2) is 0 Å². The van der Waals surface area contributed by atoms with E-state index in [-0.39, 0.29) is 5.41 Å². The zero-order chi connectivity index (χ0) is 14.6. The van der Waals surface area contributed by atoms with E-state index in [0.29, 0.717) is 6.61 Å². The summed E-state index contributed by atoms with van der Waals surface area (Å²) in [6, 6.07) is 16.6. The highest BCUT2D eigenvalue weighted by Gasteiger charge is 2.17. The molecule has 0 N–H and O–H groups in total. The third-order valence-corrected chi connectivity index (χ3v) is 4.65. The van der Waals surface area contributed by atoms with Crippen LogP contribution < -0.4 is 4.74 Å². The molecule has 2 aromatic rings. The molecule has 0 aliphatic carbocycles. The highest BCUT2D eigenvalue weighted by atomic mass is 79.9. The molecule has 0 heterocycles. The Morgan fingerprint density at radius 3 is 2.25 bits per heavy atom. The van der Waals surface area contributed by atoms with Crippen LogP contribution in [0.25, 0.3) is 0 Å². The summed E-state index contributed by atoms with van der Waals surface area (Å²) in [4.78, 5) is 0. The summed E-state index contributed by atoms with van der Waals surface area (Å²) < 4.78 is 6.93. The van der Waals surface area contributed by atoms with E-state index in [9.17, 15) is 0 Å². The summed E-state index contributed by atoms with van der Waals surface area (Å²) in [5, 5.41) is 0. The summed E-state index contributed by atoms with van der Waals surface area (Å²) in [7, 11) is 0. The first-order chi connectivity index (χ1) is 9.53. The Bertz CT molecular complexity index is 558. The van der Waals surface area contributed by atoms with Gasteiger partial charge in [0.1, 0.15) is 12.4 Å². The van der Waals surface area contributed by atoms with E-state index in [1.165, 1.54) is 5.56 Å². The minimum absolute atomic E-state index is 0.223. The van der Waals surface area contributed by atoms with E-state index in [2.05, 4.69) is 67.0 Å². The van der Waals surface area contributed by atoms with Gasteiger partial charge in [-0.2, -0.15) is 0 Å². The monoisotopic (exact) mass is 332 g/mol. The summed E-state index contributed by atoms with van der Waals surface area (Å²) >= 11 is 3.54. The second-order valence-corrected chi connectivity index (χ2v) is 6.50. The van der Waals surface area contributed by atoms with Crippen LogP contribution in [0.4, 0.5) is 0 Å². The van der Waals surface area contributed by atoms with Crippen molar-refractivity contribution in [3.05, 3.63) is 64.1 Å². The zero-order valence-corrected chi connectivity index (χ0v) is 13.9. The van der Waals surface area contributed by atoms with Crippen LogP contribution in [0.2, 0.25) is 0 Å². The molecule has 1 nitrogen and oxygen atoms in total. The Hall–Kier alpha value is -1.28. The molecule has 0 atom stereocenters. The van der Waals surface area contributed by atoms with Gasteiger partial charge in [-0.1, -0.05) is 67.0 Å². The van der Waals surface area contributed by atoms with Gasteiger partial charge < -0.3 is 4.74 Å². The first-order valence-electron chi connectivity index (χ1n) is 6.99. The fourth-order valence-electron chi connectivity index (χ4n) is 1.98. The fourth-order valence-corrected chi connectivity index (χ4v) is 2.38. The van der Waals surface area contributed by atoms with Crippen molar-refractivity contribution in [3.63, 3.8) is 0 Å². The molecule has 0 amide bonds. The van der Waals surface area contributed by atoms with Gasteiger partial charge in [-0.25, -0.2) is 0 Å². The largest absolute Gasteiger partial charge is 0.489 e. The average Bonchev–Trinajstić information content (AvgIpc) is 2.47. The first-order valence-corrected chi connectivity index (χ1v) is 7.79. The molecule has 0 unspecified atom stereocenters. The Labute approximate surface area is 130 Å². The van der Waals surface area contributed by atoms with Crippen LogP contribution in [0.15, 0.2) is 53.0 Å². The minimum atomic E-state index is 0.223. The molecule has 0 fully saturated rings. The van der Waals surface area contributed by atoms with Crippen molar-refractivity contribution in [1.29, 1.82) is 0 Å². The van der Waals surface area contributed by atoms with E-state index in [4.69, 9.17) is 4.74 Å². The lowest BCUT2D eigenvalue weighted by atomic mass is 9.82. The lowest BCUT2D eigenvalue weighted by molar-refractivity contribution is 0.305. The Balaban J connectivity index is 2.03. The standard InChI is InChI=1S/C18H21BrO/c1-4-18(2,3)15-9-11-16(12-10-15)20-13-14-7-5-6-8-17(14)19/h5-12H,4,13H2,1-3H3. The van der Waals surface area contributed by atoms with E-state index >= 15 is 0 Å². The Morgan fingerprint density at radius 2 is 1.65 bits per heavy atom. The van der Waals surface area contributed by atoms with Gasteiger partial charge in [-0.15, -0.1) is 0 Å². The quantitative estimate of drug-likeness (QED) is 0.680. The van der Waals surface area contributed by atoms with Gasteiger partial charge in [-0.05, 0) is 35.6 Å². The van der Waals surface area contributed by atoms with Crippen LogP contribution in [-0.4, -0.2) is 0 Å². The first kappa shape index (κ1) is 15.1.